The number of carbonyl (C=O) groups is 1. The lowest BCUT2D eigenvalue weighted by molar-refractivity contribution is -0.149. The van der Waals surface area contributed by atoms with E-state index in [1.165, 1.54) is 0 Å². The van der Waals surface area contributed by atoms with Gasteiger partial charge in [0.2, 0.25) is 0 Å². The van der Waals surface area contributed by atoms with E-state index in [2.05, 4.69) is 11.0 Å². The van der Waals surface area contributed by atoms with E-state index in [0.717, 1.165) is 31.5 Å². The molecular formula is C18H24N2O3. The number of aliphatic hydroxyl groups excluding tert-OH is 1. The van der Waals surface area contributed by atoms with Crippen molar-refractivity contribution in [1.29, 1.82) is 5.26 Å². The largest absolute Gasteiger partial charge is 0.466 e. The first-order valence-electron chi connectivity index (χ1n) is 8.18. The molecule has 1 aromatic rings. The van der Waals surface area contributed by atoms with E-state index in [1.54, 1.807) is 12.1 Å². The molecule has 0 aromatic heterocycles. The van der Waals surface area contributed by atoms with Crippen LogP contribution in [-0.4, -0.2) is 48.3 Å². The van der Waals surface area contributed by atoms with E-state index < -0.39 is 6.10 Å². The molecular weight excluding hydrogens is 292 g/mol. The van der Waals surface area contributed by atoms with Gasteiger partial charge in [-0.1, -0.05) is 12.1 Å². The average Bonchev–Trinajstić information content (AvgIpc) is 2.56. The maximum atomic E-state index is 11.7. The molecule has 5 nitrogen and oxygen atoms in total. The summed E-state index contributed by atoms with van der Waals surface area (Å²) < 4.78 is 5.07. The standard InChI is InChI=1S/C18H24N2O3/c1-2-23-18(22)16-7-9-20(10-8-16)13-17(21)11-14-3-5-15(12-19)6-4-14/h3-6,16-17,21H,2,7-11,13H2,1H3. The Labute approximate surface area is 137 Å². The highest BCUT2D eigenvalue weighted by Gasteiger charge is 2.26. The number of rotatable bonds is 6. The number of aliphatic hydroxyl groups is 1. The van der Waals surface area contributed by atoms with Crippen LogP contribution in [0.15, 0.2) is 24.3 Å². The van der Waals surface area contributed by atoms with Crippen molar-refractivity contribution in [3.8, 4) is 6.07 Å². The summed E-state index contributed by atoms with van der Waals surface area (Å²) in [5.41, 5.74) is 1.65. The fraction of sp³-hybridized carbons (Fsp3) is 0.556. The molecule has 0 aliphatic carbocycles. The summed E-state index contributed by atoms with van der Waals surface area (Å²) in [5, 5.41) is 19.0. The lowest BCUT2D eigenvalue weighted by Gasteiger charge is -2.32. The molecule has 0 saturated carbocycles. The molecule has 124 valence electrons. The van der Waals surface area contributed by atoms with Crippen LogP contribution in [0, 0.1) is 17.2 Å². The molecule has 5 heteroatoms. The highest BCUT2D eigenvalue weighted by molar-refractivity contribution is 5.72. The van der Waals surface area contributed by atoms with Crippen molar-refractivity contribution in [2.45, 2.75) is 32.3 Å². The van der Waals surface area contributed by atoms with Crippen molar-refractivity contribution in [1.82, 2.24) is 4.90 Å². The number of likely N-dealkylation sites (tertiary alicyclic amines) is 1. The minimum absolute atomic E-state index is 0.00173. The molecule has 1 aromatic carbocycles. The summed E-state index contributed by atoms with van der Waals surface area (Å²) in [6.07, 6.45) is 1.72. The van der Waals surface area contributed by atoms with Crippen LogP contribution in [0.3, 0.4) is 0 Å². The van der Waals surface area contributed by atoms with Crippen LogP contribution in [0.5, 0.6) is 0 Å². The lowest BCUT2D eigenvalue weighted by Crippen LogP contribution is -2.41. The summed E-state index contributed by atoms with van der Waals surface area (Å²) in [7, 11) is 0. The summed E-state index contributed by atoms with van der Waals surface area (Å²) in [5.74, 6) is -0.0906. The fourth-order valence-corrected chi connectivity index (χ4v) is 2.96. The smallest absolute Gasteiger partial charge is 0.309 e. The second-order valence-corrected chi connectivity index (χ2v) is 5.99. The summed E-state index contributed by atoms with van der Waals surface area (Å²) in [4.78, 5) is 13.9. The Hall–Kier alpha value is -1.90. The van der Waals surface area contributed by atoms with Gasteiger partial charge in [-0.2, -0.15) is 5.26 Å². The predicted molar refractivity (Wildman–Crippen MR) is 86.7 cm³/mol. The van der Waals surface area contributed by atoms with Gasteiger partial charge in [-0.05, 0) is 57.0 Å². The number of piperidine rings is 1. The Kier molecular flexibility index (Phi) is 6.57. The van der Waals surface area contributed by atoms with E-state index in [9.17, 15) is 9.90 Å². The van der Waals surface area contributed by atoms with E-state index in [-0.39, 0.29) is 11.9 Å². The number of β-amino-alcohol motifs (C(OH)–C–C–N with tert-alkyl or cyclic N) is 1. The minimum Gasteiger partial charge on any atom is -0.466 e. The highest BCUT2D eigenvalue weighted by atomic mass is 16.5. The number of nitriles is 1. The Balaban J connectivity index is 1.75. The van der Waals surface area contributed by atoms with Crippen molar-refractivity contribution >= 4 is 5.97 Å². The van der Waals surface area contributed by atoms with Crippen LogP contribution < -0.4 is 0 Å². The van der Waals surface area contributed by atoms with Gasteiger partial charge in [-0.25, -0.2) is 0 Å². The fourth-order valence-electron chi connectivity index (χ4n) is 2.96. The van der Waals surface area contributed by atoms with Gasteiger partial charge in [0.05, 0.1) is 30.3 Å². The molecule has 1 unspecified atom stereocenters. The number of carbonyl (C=O) groups excluding carboxylic acids is 1. The third kappa shape index (κ3) is 5.34. The Morgan fingerprint density at radius 3 is 2.61 bits per heavy atom. The van der Waals surface area contributed by atoms with Crippen molar-refractivity contribution in [3.63, 3.8) is 0 Å². The van der Waals surface area contributed by atoms with E-state index in [4.69, 9.17) is 10.00 Å². The number of hydrogen-bond acceptors (Lipinski definition) is 5. The lowest BCUT2D eigenvalue weighted by atomic mass is 9.96. The molecule has 0 spiro atoms. The number of nitrogens with zero attached hydrogens (tertiary/aromatic N) is 2. The van der Waals surface area contributed by atoms with Crippen LogP contribution in [0.25, 0.3) is 0 Å². The first kappa shape index (κ1) is 17.5. The quantitative estimate of drug-likeness (QED) is 0.809. The number of esters is 1. The van der Waals surface area contributed by atoms with Crippen LogP contribution >= 0.6 is 0 Å². The van der Waals surface area contributed by atoms with Gasteiger partial charge in [0.1, 0.15) is 0 Å². The third-order valence-electron chi connectivity index (χ3n) is 4.23. The second kappa shape index (κ2) is 8.66. The third-order valence-corrected chi connectivity index (χ3v) is 4.23. The topological polar surface area (TPSA) is 73.6 Å². The molecule has 1 N–H and O–H groups in total. The number of benzene rings is 1. The van der Waals surface area contributed by atoms with Crippen molar-refractivity contribution < 1.29 is 14.6 Å². The van der Waals surface area contributed by atoms with Crippen LogP contribution in [0.4, 0.5) is 0 Å². The molecule has 1 atom stereocenters. The van der Waals surface area contributed by atoms with Crippen LogP contribution in [0.2, 0.25) is 0 Å². The normalized spacial score (nSPS) is 17.4. The maximum Gasteiger partial charge on any atom is 0.309 e. The minimum atomic E-state index is -0.443. The molecule has 1 heterocycles. The second-order valence-electron chi connectivity index (χ2n) is 5.99. The van der Waals surface area contributed by atoms with Gasteiger partial charge in [0.25, 0.3) is 0 Å². The maximum absolute atomic E-state index is 11.7. The molecule has 2 rings (SSSR count). The zero-order chi connectivity index (χ0) is 16.7. The molecule has 23 heavy (non-hydrogen) atoms. The summed E-state index contributed by atoms with van der Waals surface area (Å²) in [6, 6.07) is 9.40. The van der Waals surface area contributed by atoms with Gasteiger partial charge in [0, 0.05) is 6.54 Å². The van der Waals surface area contributed by atoms with E-state index >= 15 is 0 Å². The first-order chi connectivity index (χ1) is 11.1. The number of ether oxygens (including phenoxy) is 1. The SMILES string of the molecule is CCOC(=O)C1CCN(CC(O)Cc2ccc(C#N)cc2)CC1. The van der Waals surface area contributed by atoms with Crippen molar-refractivity contribution in [3.05, 3.63) is 35.4 Å². The average molecular weight is 316 g/mol. The molecule has 1 saturated heterocycles. The van der Waals surface area contributed by atoms with Gasteiger partial charge in [-0.15, -0.1) is 0 Å². The van der Waals surface area contributed by atoms with Gasteiger partial charge >= 0.3 is 5.97 Å². The van der Waals surface area contributed by atoms with Crippen molar-refractivity contribution in [2.75, 3.05) is 26.2 Å². The van der Waals surface area contributed by atoms with Gasteiger partial charge in [-0.3, -0.25) is 4.79 Å². The summed E-state index contributed by atoms with van der Waals surface area (Å²) in [6.45, 7) is 4.49. The summed E-state index contributed by atoms with van der Waals surface area (Å²) >= 11 is 0. The Bertz CT molecular complexity index is 542. The molecule has 0 radical (unpaired) electrons. The highest BCUT2D eigenvalue weighted by Crippen LogP contribution is 2.19. The molecule has 0 amide bonds. The van der Waals surface area contributed by atoms with Gasteiger partial charge in [0.15, 0.2) is 0 Å². The predicted octanol–water partition coefficient (Wildman–Crippen LogP) is 1.74. The molecule has 1 fully saturated rings. The first-order valence-corrected chi connectivity index (χ1v) is 8.18. The Morgan fingerprint density at radius 1 is 1.39 bits per heavy atom. The molecule has 0 bridgehead atoms. The monoisotopic (exact) mass is 316 g/mol. The van der Waals surface area contributed by atoms with E-state index in [1.807, 2.05) is 19.1 Å². The van der Waals surface area contributed by atoms with Crippen LogP contribution in [0.1, 0.15) is 30.9 Å². The molecule has 1 aliphatic heterocycles. The van der Waals surface area contributed by atoms with Crippen LogP contribution in [-0.2, 0) is 16.0 Å². The molecule has 1 aliphatic rings. The van der Waals surface area contributed by atoms with E-state index in [0.29, 0.717) is 25.1 Å². The van der Waals surface area contributed by atoms with Gasteiger partial charge < -0.3 is 14.7 Å². The number of hydrogen-bond donors (Lipinski definition) is 1. The Morgan fingerprint density at radius 2 is 2.04 bits per heavy atom. The van der Waals surface area contributed by atoms with Crippen molar-refractivity contribution in [2.24, 2.45) is 5.92 Å². The zero-order valence-electron chi connectivity index (χ0n) is 13.6. The zero-order valence-corrected chi connectivity index (χ0v) is 13.6.